The average Bonchev–Trinajstić information content (AvgIpc) is 2.95. The van der Waals surface area contributed by atoms with E-state index in [0.717, 1.165) is 0 Å². The number of nitrogens with zero attached hydrogens (tertiary/aromatic N) is 1. The van der Waals surface area contributed by atoms with E-state index < -0.39 is 34.2 Å². The van der Waals surface area contributed by atoms with Crippen LogP contribution in [0.25, 0.3) is 0 Å². The van der Waals surface area contributed by atoms with Crippen molar-refractivity contribution in [1.29, 1.82) is 0 Å². The molecule has 1 aliphatic heterocycles. The van der Waals surface area contributed by atoms with Gasteiger partial charge in [-0.1, -0.05) is 68.2 Å². The normalized spacial score (nSPS) is 22.1. The highest BCUT2D eigenvalue weighted by Gasteiger charge is 2.40. The summed E-state index contributed by atoms with van der Waals surface area (Å²) in [4.78, 5) is 13.5. The molecule has 0 aromatic heterocycles. The van der Waals surface area contributed by atoms with E-state index in [2.05, 4.69) is 4.72 Å². The highest BCUT2D eigenvalue weighted by Crippen LogP contribution is 2.35. The number of sulfonamides is 1. The monoisotopic (exact) mass is 514 g/mol. The Balaban J connectivity index is 1.98. The molecule has 33 heavy (non-hydrogen) atoms. The highest BCUT2D eigenvalue weighted by molar-refractivity contribution is 7.89. The number of halogens is 2. The molecular formula is C23H28Cl2N2O5S. The molecule has 2 N–H and O–H groups in total. The Hall–Kier alpha value is -1.84. The third kappa shape index (κ3) is 6.39. The van der Waals surface area contributed by atoms with E-state index in [9.17, 15) is 18.3 Å². The van der Waals surface area contributed by atoms with Crippen molar-refractivity contribution in [3.63, 3.8) is 0 Å². The van der Waals surface area contributed by atoms with Crippen molar-refractivity contribution in [3.8, 4) is 0 Å². The first kappa shape index (κ1) is 25.8. The van der Waals surface area contributed by atoms with Gasteiger partial charge in [0.05, 0.1) is 33.7 Å². The molecule has 1 amide bonds. The summed E-state index contributed by atoms with van der Waals surface area (Å²) in [5, 5.41) is 10.5. The van der Waals surface area contributed by atoms with Crippen LogP contribution in [0.15, 0.2) is 53.4 Å². The third-order valence-corrected chi connectivity index (χ3v) is 7.91. The van der Waals surface area contributed by atoms with E-state index in [1.807, 2.05) is 20.8 Å². The maximum Gasteiger partial charge on any atom is 0.407 e. The number of ether oxygens (including phenoxy) is 1. The van der Waals surface area contributed by atoms with E-state index in [1.54, 1.807) is 36.4 Å². The second-order valence-corrected chi connectivity index (χ2v) is 11.7. The number of rotatable bonds is 5. The van der Waals surface area contributed by atoms with E-state index in [4.69, 9.17) is 27.9 Å². The van der Waals surface area contributed by atoms with Crippen LogP contribution in [0.1, 0.15) is 32.3 Å². The summed E-state index contributed by atoms with van der Waals surface area (Å²) < 4.78 is 34.7. The smallest absolute Gasteiger partial charge is 0.407 e. The molecule has 1 aliphatic rings. The van der Waals surface area contributed by atoms with Crippen molar-refractivity contribution in [2.45, 2.75) is 43.8 Å². The summed E-state index contributed by atoms with van der Waals surface area (Å²) in [6, 6.07) is 13.1. The summed E-state index contributed by atoms with van der Waals surface area (Å²) in [7, 11) is -3.78. The molecular weight excluding hydrogens is 487 g/mol. The lowest BCUT2D eigenvalue weighted by molar-refractivity contribution is -0.0631. The van der Waals surface area contributed by atoms with E-state index >= 15 is 0 Å². The second-order valence-electron chi connectivity index (χ2n) is 9.16. The Morgan fingerprint density at radius 2 is 1.79 bits per heavy atom. The van der Waals surface area contributed by atoms with Crippen molar-refractivity contribution in [1.82, 2.24) is 9.62 Å². The van der Waals surface area contributed by atoms with E-state index in [-0.39, 0.29) is 29.9 Å². The fourth-order valence-corrected chi connectivity index (χ4v) is 5.11. The van der Waals surface area contributed by atoms with Gasteiger partial charge in [-0.2, -0.15) is 0 Å². The zero-order chi connectivity index (χ0) is 24.4. The summed E-state index contributed by atoms with van der Waals surface area (Å²) >= 11 is 12.3. The molecule has 180 valence electrons. The fraction of sp³-hybridized carbons (Fsp3) is 0.435. The van der Waals surface area contributed by atoms with Crippen LogP contribution in [0.2, 0.25) is 10.0 Å². The van der Waals surface area contributed by atoms with Crippen LogP contribution < -0.4 is 4.72 Å². The quantitative estimate of drug-likeness (QED) is 0.594. The first-order valence-corrected chi connectivity index (χ1v) is 12.8. The molecule has 1 heterocycles. The number of nitrogens with one attached hydrogen (secondary N) is 1. The summed E-state index contributed by atoms with van der Waals surface area (Å²) in [5.74, 6) is -0.471. The van der Waals surface area contributed by atoms with Gasteiger partial charge in [-0.3, -0.25) is 0 Å². The highest BCUT2D eigenvalue weighted by atomic mass is 35.5. The Morgan fingerprint density at radius 1 is 1.12 bits per heavy atom. The minimum absolute atomic E-state index is 0.0395. The lowest BCUT2D eigenvalue weighted by Crippen LogP contribution is -2.43. The molecule has 2 aromatic rings. The Bertz CT molecular complexity index is 1090. The molecule has 3 atom stereocenters. The maximum absolute atomic E-state index is 12.8. The van der Waals surface area contributed by atoms with Crippen molar-refractivity contribution >= 4 is 39.3 Å². The Morgan fingerprint density at radius 3 is 2.36 bits per heavy atom. The van der Waals surface area contributed by atoms with Gasteiger partial charge in [0.1, 0.15) is 0 Å². The van der Waals surface area contributed by atoms with Crippen LogP contribution in [0.3, 0.4) is 0 Å². The molecule has 0 spiro atoms. The van der Waals surface area contributed by atoms with Crippen LogP contribution in [0.5, 0.6) is 0 Å². The van der Waals surface area contributed by atoms with Crippen molar-refractivity contribution in [2.75, 3.05) is 19.6 Å². The van der Waals surface area contributed by atoms with Crippen molar-refractivity contribution in [2.24, 2.45) is 5.41 Å². The van der Waals surface area contributed by atoms with Crippen LogP contribution in [0, 0.1) is 5.41 Å². The molecule has 2 aromatic carbocycles. The third-order valence-electron chi connectivity index (χ3n) is 5.73. The van der Waals surface area contributed by atoms with Crippen molar-refractivity contribution in [3.05, 3.63) is 64.1 Å². The van der Waals surface area contributed by atoms with Gasteiger partial charge in [0, 0.05) is 19.0 Å². The van der Waals surface area contributed by atoms with E-state index in [1.165, 1.54) is 17.0 Å². The predicted octanol–water partition coefficient (Wildman–Crippen LogP) is 4.85. The molecule has 1 saturated heterocycles. The molecule has 3 unspecified atom stereocenters. The largest absolute Gasteiger partial charge is 0.465 e. The zero-order valence-corrected chi connectivity index (χ0v) is 21.0. The first-order chi connectivity index (χ1) is 15.4. The molecule has 10 heteroatoms. The predicted molar refractivity (Wildman–Crippen MR) is 129 cm³/mol. The molecule has 0 bridgehead atoms. The Labute approximate surface area is 204 Å². The summed E-state index contributed by atoms with van der Waals surface area (Å²) in [6.07, 6.45) is -2.16. The summed E-state index contributed by atoms with van der Waals surface area (Å²) in [5.41, 5.74) is 0.339. The lowest BCUT2D eigenvalue weighted by Gasteiger charge is -2.34. The SMILES string of the molecule is CC(C)(C)C1CN(C(=O)O)CC(c2ccc(Cl)c(Cl)c2)C(CNS(=O)(=O)c2ccccc2)O1. The van der Waals surface area contributed by atoms with Gasteiger partial charge in [-0.15, -0.1) is 0 Å². The number of carboxylic acid groups (broad SMARTS) is 1. The number of hydrogen-bond acceptors (Lipinski definition) is 4. The Kier molecular flexibility index (Phi) is 7.96. The van der Waals surface area contributed by atoms with Crippen LogP contribution in [0.4, 0.5) is 4.79 Å². The van der Waals surface area contributed by atoms with Gasteiger partial charge in [0.25, 0.3) is 0 Å². The maximum atomic E-state index is 12.8. The number of benzene rings is 2. The average molecular weight is 515 g/mol. The van der Waals surface area contributed by atoms with Crippen LogP contribution in [-0.4, -0.2) is 56.4 Å². The minimum Gasteiger partial charge on any atom is -0.465 e. The first-order valence-electron chi connectivity index (χ1n) is 10.5. The molecule has 0 radical (unpaired) electrons. The molecule has 0 saturated carbocycles. The van der Waals surface area contributed by atoms with Gasteiger partial charge in [-0.25, -0.2) is 17.9 Å². The molecule has 3 rings (SSSR count). The van der Waals surface area contributed by atoms with Gasteiger partial charge >= 0.3 is 6.09 Å². The minimum atomic E-state index is -3.78. The van der Waals surface area contributed by atoms with Crippen LogP contribution >= 0.6 is 23.2 Å². The van der Waals surface area contributed by atoms with Crippen molar-refractivity contribution < 1.29 is 23.1 Å². The number of amides is 1. The lowest BCUT2D eigenvalue weighted by atomic mass is 9.88. The number of hydrogen-bond donors (Lipinski definition) is 2. The van der Waals surface area contributed by atoms with Gasteiger partial charge in [0.15, 0.2) is 0 Å². The zero-order valence-electron chi connectivity index (χ0n) is 18.7. The second kappa shape index (κ2) is 10.2. The molecule has 7 nitrogen and oxygen atoms in total. The van der Waals surface area contributed by atoms with Gasteiger partial charge in [0.2, 0.25) is 10.0 Å². The standard InChI is InChI=1S/C23H28Cl2N2O5S/c1-23(2,3)21-14-27(22(28)29)13-17(15-9-10-18(24)19(25)11-15)20(32-21)12-26-33(30,31)16-7-5-4-6-8-16/h4-11,17,20-21,26H,12-14H2,1-3H3,(H,28,29). The van der Waals surface area contributed by atoms with Gasteiger partial charge < -0.3 is 14.7 Å². The fourth-order valence-electron chi connectivity index (χ4n) is 3.74. The molecule has 0 aliphatic carbocycles. The number of carbonyl (C=O) groups is 1. The topological polar surface area (TPSA) is 95.9 Å². The molecule has 1 fully saturated rings. The van der Waals surface area contributed by atoms with Crippen LogP contribution in [-0.2, 0) is 14.8 Å². The van der Waals surface area contributed by atoms with E-state index in [0.29, 0.717) is 15.6 Å². The summed E-state index contributed by atoms with van der Waals surface area (Å²) in [6.45, 7) is 6.13. The van der Waals surface area contributed by atoms with Gasteiger partial charge in [-0.05, 0) is 35.2 Å².